The smallest absolute Gasteiger partial charge is 0.0547 e. The van der Waals surface area contributed by atoms with Crippen molar-refractivity contribution in [1.29, 1.82) is 0 Å². The lowest BCUT2D eigenvalue weighted by molar-refractivity contribution is 1.17. The molecule has 0 aliphatic rings. The van der Waals surface area contributed by atoms with Crippen LogP contribution in [0.15, 0.2) is 449 Å². The molecular formula is C114H74N6. The van der Waals surface area contributed by atoms with Crippen molar-refractivity contribution < 1.29 is 0 Å². The lowest BCUT2D eigenvalue weighted by Crippen LogP contribution is -1.95. The normalized spacial score (nSPS) is 11.8. The van der Waals surface area contributed by atoms with Crippen molar-refractivity contribution in [3.8, 4) is 89.8 Å². The first-order valence-electron chi connectivity index (χ1n) is 41.3. The van der Waals surface area contributed by atoms with Crippen LogP contribution in [0.4, 0.5) is 0 Å². The van der Waals surface area contributed by atoms with E-state index in [0.717, 1.165) is 34.1 Å². The molecule has 19 aromatic carbocycles. The molecule has 0 N–H and O–H groups in total. The van der Waals surface area contributed by atoms with Crippen LogP contribution >= 0.6 is 0 Å². The Kier molecular flexibility index (Phi) is 15.9. The highest BCUT2D eigenvalue weighted by Gasteiger charge is 2.26. The van der Waals surface area contributed by atoms with Crippen LogP contribution in [0.1, 0.15) is 0 Å². The fourth-order valence-corrected chi connectivity index (χ4v) is 19.7. The molecule has 0 saturated carbocycles. The lowest BCUT2D eigenvalue weighted by Gasteiger charge is -2.12. The second-order valence-electron chi connectivity index (χ2n) is 31.4. The predicted molar refractivity (Wildman–Crippen MR) is 506 cm³/mol. The van der Waals surface area contributed by atoms with Gasteiger partial charge in [-0.3, -0.25) is 0 Å². The minimum absolute atomic E-state index is 1.14. The van der Waals surface area contributed by atoms with Gasteiger partial charge in [0.25, 0.3) is 0 Å². The molecule has 0 bridgehead atoms. The summed E-state index contributed by atoms with van der Waals surface area (Å²) < 4.78 is 14.6. The zero-order valence-electron chi connectivity index (χ0n) is 65.4. The van der Waals surface area contributed by atoms with Gasteiger partial charge in [-0.05, 0) is 213 Å². The molecule has 560 valence electrons. The Morgan fingerprint density at radius 2 is 0.308 bits per heavy atom. The molecule has 0 spiro atoms. The zero-order valence-corrected chi connectivity index (χ0v) is 65.4. The largest absolute Gasteiger partial charge is 0.309 e. The van der Waals surface area contributed by atoms with E-state index in [9.17, 15) is 0 Å². The third kappa shape index (κ3) is 10.8. The number of benzene rings is 19. The maximum Gasteiger partial charge on any atom is 0.0547 e. The van der Waals surface area contributed by atoms with E-state index < -0.39 is 0 Å². The molecule has 0 aliphatic heterocycles. The highest BCUT2D eigenvalue weighted by atomic mass is 15.0. The number of fused-ring (bicyclic) bond motifs is 18. The van der Waals surface area contributed by atoms with Gasteiger partial charge in [-0.25, -0.2) is 0 Å². The third-order valence-corrected chi connectivity index (χ3v) is 24.9. The number of aromatic nitrogens is 6. The van der Waals surface area contributed by atoms with Gasteiger partial charge in [-0.1, -0.05) is 291 Å². The summed E-state index contributed by atoms with van der Waals surface area (Å²) in [6.45, 7) is 0. The topological polar surface area (TPSA) is 29.6 Å². The summed E-state index contributed by atoms with van der Waals surface area (Å²) in [6.07, 6.45) is 0. The first-order chi connectivity index (χ1) is 59.6. The fourth-order valence-electron chi connectivity index (χ4n) is 19.7. The van der Waals surface area contributed by atoms with Crippen LogP contribution in [0.3, 0.4) is 0 Å². The molecule has 0 amide bonds. The van der Waals surface area contributed by atoms with Crippen LogP contribution in [0.5, 0.6) is 0 Å². The molecule has 6 aromatic heterocycles. The molecule has 0 atom stereocenters. The van der Waals surface area contributed by atoms with Gasteiger partial charge in [-0.15, -0.1) is 0 Å². The first-order valence-corrected chi connectivity index (χ1v) is 41.3. The summed E-state index contributed by atoms with van der Waals surface area (Å²) in [7, 11) is 0. The summed E-state index contributed by atoms with van der Waals surface area (Å²) in [5.74, 6) is 0. The molecule has 0 saturated heterocycles. The summed E-state index contributed by atoms with van der Waals surface area (Å²) >= 11 is 0. The van der Waals surface area contributed by atoms with Crippen molar-refractivity contribution in [2.24, 2.45) is 0 Å². The van der Waals surface area contributed by atoms with Crippen molar-refractivity contribution in [2.75, 3.05) is 0 Å². The predicted octanol–water partition coefficient (Wildman–Crippen LogP) is 30.3. The second kappa shape index (κ2) is 27.9. The molecule has 25 aromatic rings. The Morgan fingerprint density at radius 1 is 0.108 bits per heavy atom. The van der Waals surface area contributed by atoms with Crippen molar-refractivity contribution in [1.82, 2.24) is 27.4 Å². The van der Waals surface area contributed by atoms with Gasteiger partial charge in [0, 0.05) is 98.8 Å². The van der Waals surface area contributed by atoms with E-state index >= 15 is 0 Å². The number of hydrogen-bond acceptors (Lipinski definition) is 0. The minimum atomic E-state index is 1.14. The maximum atomic E-state index is 2.47. The van der Waals surface area contributed by atoms with Crippen LogP contribution in [-0.4, -0.2) is 27.4 Å². The second-order valence-corrected chi connectivity index (χ2v) is 31.4. The molecule has 6 nitrogen and oxygen atoms in total. The molecular weight excluding hydrogens is 1450 g/mol. The molecule has 6 heteroatoms. The fraction of sp³-hybridized carbons (Fsp3) is 0. The summed E-state index contributed by atoms with van der Waals surface area (Å²) in [5, 5.41) is 14.9. The first kappa shape index (κ1) is 68.4. The van der Waals surface area contributed by atoms with E-state index in [-0.39, 0.29) is 0 Å². The van der Waals surface area contributed by atoms with E-state index in [1.165, 1.54) is 186 Å². The van der Waals surface area contributed by atoms with Crippen molar-refractivity contribution in [3.63, 3.8) is 0 Å². The summed E-state index contributed by atoms with van der Waals surface area (Å²) in [5.41, 5.74) is 33.4. The lowest BCUT2D eigenvalue weighted by atomic mass is 9.95. The van der Waals surface area contributed by atoms with Gasteiger partial charge in [0.15, 0.2) is 0 Å². The standard InChI is InChI=1S/C60H39N3.C54H35N3/c1-4-16-40(17-5-1)42-30-33-45(34-31-42)62-53-26-12-10-22-49(53)59-47(24-14-28-57(59)62)48-25-15-29-58-60(48)50-23-11-13-27-54(50)63(58)46-35-37-56-52(39-46)51-38-43(41-18-6-2-7-19-41)32-36-55(51)61(56)44-20-8-3-9-21-44;1-4-16-36(17-5-1)37-30-32-49-45(34-37)46-35-40(31-33-50(46)55(49)38-18-6-2-7-19-38)57-48-27-13-11-23-44(48)54-42(25-15-29-52(54)57)41-24-14-28-51-53(41)43-22-10-12-26-47(43)56(51)39-20-8-3-9-21-39/h1-39H;1-35H. The van der Waals surface area contributed by atoms with Crippen molar-refractivity contribution >= 4 is 131 Å². The molecule has 0 aliphatic carbocycles. The molecule has 0 unspecified atom stereocenters. The van der Waals surface area contributed by atoms with E-state index in [0.29, 0.717) is 0 Å². The molecule has 0 fully saturated rings. The van der Waals surface area contributed by atoms with Crippen LogP contribution in [0, 0.1) is 0 Å². The van der Waals surface area contributed by atoms with E-state index in [1.807, 2.05) is 0 Å². The van der Waals surface area contributed by atoms with Gasteiger partial charge in [-0.2, -0.15) is 0 Å². The zero-order chi connectivity index (χ0) is 78.9. The Hall–Kier alpha value is -16.0. The Labute approximate surface area is 692 Å². The van der Waals surface area contributed by atoms with E-state index in [4.69, 9.17) is 0 Å². The van der Waals surface area contributed by atoms with Crippen LogP contribution < -0.4 is 0 Å². The number of rotatable bonds is 11. The molecule has 25 rings (SSSR count). The molecule has 0 radical (unpaired) electrons. The summed E-state index contributed by atoms with van der Waals surface area (Å²) in [6, 6.07) is 164. The van der Waals surface area contributed by atoms with Gasteiger partial charge < -0.3 is 27.4 Å². The minimum Gasteiger partial charge on any atom is -0.309 e. The SMILES string of the molecule is c1ccc(-c2ccc(-n3c4ccccc4c4c(-c5cccc6c5c5ccccc5n6-c5ccc6c(c5)c5cc(-c7ccccc7)ccc5n6-c5ccccc5)cccc43)cc2)cc1.c1ccc(-c2ccc3c(c2)c2cc(-n4c5ccccc5c5c(-c6cccc7c6c6ccccc6n7-c6ccccc6)cccc54)ccc2n3-c2ccccc2)cc1. The van der Waals surface area contributed by atoms with E-state index in [1.54, 1.807) is 0 Å². The molecule has 120 heavy (non-hydrogen) atoms. The maximum absolute atomic E-state index is 2.47. The Morgan fingerprint density at radius 3 is 0.625 bits per heavy atom. The number of nitrogens with zero attached hydrogens (tertiary/aromatic N) is 6. The van der Waals surface area contributed by atoms with Gasteiger partial charge >= 0.3 is 0 Å². The van der Waals surface area contributed by atoms with E-state index in [2.05, 4.69) is 476 Å². The average Bonchev–Trinajstić information content (AvgIpc) is 1.56. The Balaban J connectivity index is 0.000000137. The number of hydrogen-bond donors (Lipinski definition) is 0. The highest BCUT2D eigenvalue weighted by molar-refractivity contribution is 6.25. The monoisotopic (exact) mass is 1530 g/mol. The third-order valence-electron chi connectivity index (χ3n) is 24.9. The van der Waals surface area contributed by atoms with Crippen LogP contribution in [0.2, 0.25) is 0 Å². The van der Waals surface area contributed by atoms with Gasteiger partial charge in [0.2, 0.25) is 0 Å². The number of para-hydroxylation sites is 7. The van der Waals surface area contributed by atoms with Crippen LogP contribution in [-0.2, 0) is 0 Å². The average molecular weight is 1530 g/mol. The molecule has 6 heterocycles. The van der Waals surface area contributed by atoms with Crippen LogP contribution in [0.25, 0.3) is 221 Å². The van der Waals surface area contributed by atoms with Gasteiger partial charge in [0.05, 0.1) is 66.2 Å². The van der Waals surface area contributed by atoms with Gasteiger partial charge in [0.1, 0.15) is 0 Å². The summed E-state index contributed by atoms with van der Waals surface area (Å²) in [4.78, 5) is 0. The van der Waals surface area contributed by atoms with Crippen molar-refractivity contribution in [2.45, 2.75) is 0 Å². The van der Waals surface area contributed by atoms with Crippen molar-refractivity contribution in [3.05, 3.63) is 449 Å². The Bertz CT molecular complexity index is 8350. The quantitative estimate of drug-likeness (QED) is 0.124. The highest BCUT2D eigenvalue weighted by Crippen LogP contribution is 2.49.